The molecular weight excluding hydrogens is 288 g/mol. The Kier molecular flexibility index (Phi) is 15.7. The molecule has 0 unspecified atom stereocenters. The van der Waals surface area contributed by atoms with Gasteiger partial charge in [-0.05, 0) is 25.0 Å². The van der Waals surface area contributed by atoms with Gasteiger partial charge < -0.3 is 10.2 Å². The van der Waals surface area contributed by atoms with Crippen LogP contribution in [-0.4, -0.2) is 16.2 Å². The molecule has 0 rings (SSSR count). The Hall–Kier alpha value is -1.51. The third kappa shape index (κ3) is 18.4. The number of hydrogen-bond acceptors (Lipinski definition) is 2. The summed E-state index contributed by atoms with van der Waals surface area (Å²) in [6.07, 6.45) is 22.9. The number of aliphatic hydroxyl groups excluding tert-OH is 1. The second-order valence-corrected chi connectivity index (χ2v) is 6.02. The van der Waals surface area contributed by atoms with Gasteiger partial charge in [0.05, 0.1) is 0 Å². The summed E-state index contributed by atoms with van der Waals surface area (Å²) in [5, 5.41) is 17.9. The molecule has 3 nitrogen and oxygen atoms in total. The van der Waals surface area contributed by atoms with Crippen LogP contribution in [0.15, 0.2) is 36.1 Å². The topological polar surface area (TPSA) is 57.5 Å². The third-order valence-corrected chi connectivity index (χ3v) is 3.77. The van der Waals surface area contributed by atoms with E-state index in [0.29, 0.717) is 0 Å². The van der Waals surface area contributed by atoms with Gasteiger partial charge in [-0.1, -0.05) is 83.3 Å². The summed E-state index contributed by atoms with van der Waals surface area (Å²) in [7, 11) is 0. The monoisotopic (exact) mass is 322 g/mol. The highest BCUT2D eigenvalue weighted by Gasteiger charge is 1.92. The number of rotatable bonds is 15. The van der Waals surface area contributed by atoms with Gasteiger partial charge >= 0.3 is 5.97 Å². The van der Waals surface area contributed by atoms with E-state index in [0.717, 1.165) is 18.9 Å². The zero-order valence-electron chi connectivity index (χ0n) is 14.7. The molecule has 0 aliphatic rings. The van der Waals surface area contributed by atoms with Crippen LogP contribution in [0.2, 0.25) is 0 Å². The molecule has 0 aromatic rings. The molecule has 2 N–H and O–H groups in total. The van der Waals surface area contributed by atoms with Gasteiger partial charge in [-0.25, -0.2) is 4.79 Å². The Balaban J connectivity index is 3.38. The van der Waals surface area contributed by atoms with Crippen molar-refractivity contribution in [2.75, 3.05) is 0 Å². The first kappa shape index (κ1) is 21.5. The highest BCUT2D eigenvalue weighted by atomic mass is 16.4. The average Bonchev–Trinajstić information content (AvgIpc) is 2.51. The molecule has 0 aromatic heterocycles. The SMILES string of the molecule is CCCCCCCCCCCCCC=CC(O)=CC=CC(=O)O. The fourth-order valence-electron chi connectivity index (χ4n) is 2.42. The van der Waals surface area contributed by atoms with Crippen LogP contribution in [-0.2, 0) is 4.79 Å². The van der Waals surface area contributed by atoms with Crippen molar-refractivity contribution in [2.24, 2.45) is 0 Å². The molecule has 23 heavy (non-hydrogen) atoms. The van der Waals surface area contributed by atoms with Crippen LogP contribution in [0.1, 0.15) is 84.0 Å². The van der Waals surface area contributed by atoms with E-state index >= 15 is 0 Å². The van der Waals surface area contributed by atoms with Crippen molar-refractivity contribution in [2.45, 2.75) is 84.0 Å². The van der Waals surface area contributed by atoms with Crippen LogP contribution >= 0.6 is 0 Å². The molecule has 0 aliphatic carbocycles. The van der Waals surface area contributed by atoms with Crippen LogP contribution in [0, 0.1) is 0 Å². The van der Waals surface area contributed by atoms with Crippen molar-refractivity contribution >= 4 is 5.97 Å². The van der Waals surface area contributed by atoms with E-state index in [1.165, 1.54) is 76.4 Å². The van der Waals surface area contributed by atoms with Crippen molar-refractivity contribution in [1.82, 2.24) is 0 Å². The highest BCUT2D eigenvalue weighted by molar-refractivity contribution is 5.80. The van der Waals surface area contributed by atoms with E-state index < -0.39 is 5.97 Å². The maximum absolute atomic E-state index is 10.3. The number of carboxylic acids is 1. The summed E-state index contributed by atoms with van der Waals surface area (Å²) in [6.45, 7) is 2.25. The quantitative estimate of drug-likeness (QED) is 0.160. The van der Waals surface area contributed by atoms with Crippen molar-refractivity contribution in [3.8, 4) is 0 Å². The van der Waals surface area contributed by atoms with Gasteiger partial charge in [0.15, 0.2) is 0 Å². The molecule has 0 heterocycles. The van der Waals surface area contributed by atoms with Crippen LogP contribution < -0.4 is 0 Å². The average molecular weight is 322 g/mol. The highest BCUT2D eigenvalue weighted by Crippen LogP contribution is 2.12. The summed E-state index contributed by atoms with van der Waals surface area (Å²) in [6, 6.07) is 0. The van der Waals surface area contributed by atoms with Crippen LogP contribution in [0.5, 0.6) is 0 Å². The van der Waals surface area contributed by atoms with Crippen molar-refractivity contribution in [1.29, 1.82) is 0 Å². The first-order chi connectivity index (χ1) is 11.2. The second-order valence-electron chi connectivity index (χ2n) is 6.02. The Morgan fingerprint density at radius 2 is 1.30 bits per heavy atom. The minimum Gasteiger partial charge on any atom is -0.508 e. The molecule has 0 fully saturated rings. The number of unbranched alkanes of at least 4 members (excludes halogenated alkanes) is 11. The number of hydrogen-bond donors (Lipinski definition) is 2. The van der Waals surface area contributed by atoms with Crippen LogP contribution in [0.4, 0.5) is 0 Å². The van der Waals surface area contributed by atoms with E-state index in [9.17, 15) is 9.90 Å². The number of carbonyl (C=O) groups is 1. The Morgan fingerprint density at radius 1 is 0.783 bits per heavy atom. The molecule has 3 heteroatoms. The van der Waals surface area contributed by atoms with E-state index in [1.807, 2.05) is 6.08 Å². The van der Waals surface area contributed by atoms with Gasteiger partial charge in [0, 0.05) is 6.08 Å². The minimum atomic E-state index is -1.01. The normalized spacial score (nSPS) is 12.5. The van der Waals surface area contributed by atoms with Gasteiger partial charge in [-0.15, -0.1) is 0 Å². The lowest BCUT2D eigenvalue weighted by Crippen LogP contribution is -1.84. The first-order valence-electron chi connectivity index (χ1n) is 9.13. The number of allylic oxidation sites excluding steroid dienone is 4. The predicted molar refractivity (Wildman–Crippen MR) is 97.7 cm³/mol. The summed E-state index contributed by atoms with van der Waals surface area (Å²) in [5.41, 5.74) is 0. The summed E-state index contributed by atoms with van der Waals surface area (Å²) in [4.78, 5) is 10.3. The molecule has 0 aliphatic heterocycles. The number of aliphatic hydroxyl groups is 1. The van der Waals surface area contributed by atoms with Gasteiger partial charge in [0.1, 0.15) is 5.76 Å². The van der Waals surface area contributed by atoms with Crippen molar-refractivity contribution in [3.05, 3.63) is 36.1 Å². The van der Waals surface area contributed by atoms with Crippen LogP contribution in [0.25, 0.3) is 0 Å². The van der Waals surface area contributed by atoms with Gasteiger partial charge in [0.2, 0.25) is 0 Å². The predicted octanol–water partition coefficient (Wildman–Crippen LogP) is 6.33. The number of aliphatic carboxylic acids is 1. The summed E-state index contributed by atoms with van der Waals surface area (Å²) in [5.74, 6) is -0.926. The Bertz CT molecular complexity index is 367. The molecule has 0 atom stereocenters. The first-order valence-corrected chi connectivity index (χ1v) is 9.13. The van der Waals surface area contributed by atoms with E-state index in [4.69, 9.17) is 5.11 Å². The lowest BCUT2D eigenvalue weighted by molar-refractivity contribution is -0.131. The maximum Gasteiger partial charge on any atom is 0.328 e. The van der Waals surface area contributed by atoms with Crippen molar-refractivity contribution in [3.63, 3.8) is 0 Å². The molecule has 0 saturated carbocycles. The van der Waals surface area contributed by atoms with Gasteiger partial charge in [0.25, 0.3) is 0 Å². The van der Waals surface area contributed by atoms with Gasteiger partial charge in [-0.2, -0.15) is 0 Å². The molecular formula is C20H34O3. The van der Waals surface area contributed by atoms with E-state index in [-0.39, 0.29) is 5.76 Å². The summed E-state index contributed by atoms with van der Waals surface area (Å²) < 4.78 is 0. The Labute approximate surface area is 141 Å². The number of carboxylic acid groups (broad SMARTS) is 1. The van der Waals surface area contributed by atoms with Gasteiger partial charge in [-0.3, -0.25) is 0 Å². The largest absolute Gasteiger partial charge is 0.508 e. The molecule has 0 spiro atoms. The Morgan fingerprint density at radius 3 is 1.83 bits per heavy atom. The zero-order chi connectivity index (χ0) is 17.2. The van der Waals surface area contributed by atoms with Crippen LogP contribution in [0.3, 0.4) is 0 Å². The molecule has 0 aromatic carbocycles. The fraction of sp³-hybridized carbons (Fsp3) is 0.650. The molecule has 0 radical (unpaired) electrons. The lowest BCUT2D eigenvalue weighted by Gasteiger charge is -2.01. The van der Waals surface area contributed by atoms with Crippen molar-refractivity contribution < 1.29 is 15.0 Å². The fourth-order valence-corrected chi connectivity index (χ4v) is 2.42. The standard InChI is InChI=1S/C20H34O3/c1-2-3-4-5-6-7-8-9-10-11-12-13-14-16-19(21)17-15-18-20(22)23/h14-18,21H,2-13H2,1H3,(H,22,23). The van der Waals surface area contributed by atoms with E-state index in [2.05, 4.69) is 6.92 Å². The second kappa shape index (κ2) is 16.9. The molecule has 132 valence electrons. The minimum absolute atomic E-state index is 0.0885. The zero-order valence-corrected chi connectivity index (χ0v) is 14.7. The summed E-state index contributed by atoms with van der Waals surface area (Å²) >= 11 is 0. The lowest BCUT2D eigenvalue weighted by atomic mass is 10.1. The smallest absolute Gasteiger partial charge is 0.328 e. The molecule has 0 amide bonds. The maximum atomic E-state index is 10.3. The molecule has 0 saturated heterocycles. The molecule has 0 bridgehead atoms. The van der Waals surface area contributed by atoms with E-state index in [1.54, 1.807) is 6.08 Å². The third-order valence-electron chi connectivity index (χ3n) is 3.77.